The second kappa shape index (κ2) is 7.27. The van der Waals surface area contributed by atoms with Crippen LogP contribution in [-0.4, -0.2) is 25.3 Å². The van der Waals surface area contributed by atoms with Crippen molar-refractivity contribution in [1.82, 2.24) is 20.4 Å². The highest BCUT2D eigenvalue weighted by molar-refractivity contribution is 7.99. The summed E-state index contributed by atoms with van der Waals surface area (Å²) < 4.78 is 16.6. The Morgan fingerprint density at radius 1 is 1.04 bits per heavy atom. The summed E-state index contributed by atoms with van der Waals surface area (Å²) in [4.78, 5) is 10.3. The topological polar surface area (TPSA) is 134 Å². The number of aryl methyl sites for hydroxylation is 1. The van der Waals surface area contributed by atoms with Crippen LogP contribution in [0, 0.1) is 17.0 Å². The third-order valence-corrected chi connectivity index (χ3v) is 4.81. The number of nitro groups is 1. The number of hydrogen-bond acceptors (Lipinski definition) is 10. The molecule has 0 bridgehead atoms. The van der Waals surface area contributed by atoms with Crippen LogP contribution in [0.5, 0.6) is 0 Å². The van der Waals surface area contributed by atoms with Crippen LogP contribution in [0.3, 0.4) is 0 Å². The highest BCUT2D eigenvalue weighted by Crippen LogP contribution is 2.36. The maximum Gasteiger partial charge on any atom is 0.277 e. The number of nitro benzene ring substituents is 1. The normalized spacial score (nSPS) is 12.2. The Morgan fingerprint density at radius 3 is 2.46 bits per heavy atom. The van der Waals surface area contributed by atoms with Crippen molar-refractivity contribution in [2.75, 3.05) is 0 Å². The molecule has 0 aliphatic heterocycles. The molecule has 4 aromatic rings. The number of thioether (sulfide) groups is 1. The molecule has 3 aromatic heterocycles. The van der Waals surface area contributed by atoms with Crippen molar-refractivity contribution in [3.05, 3.63) is 58.4 Å². The molecule has 28 heavy (non-hydrogen) atoms. The molecule has 0 N–H and O–H groups in total. The number of furan rings is 1. The van der Waals surface area contributed by atoms with Gasteiger partial charge >= 0.3 is 0 Å². The average Bonchev–Trinajstić information content (AvgIpc) is 3.42. The Morgan fingerprint density at radius 2 is 1.79 bits per heavy atom. The summed E-state index contributed by atoms with van der Waals surface area (Å²) in [5.41, 5.74) is 1.33. The van der Waals surface area contributed by atoms with Crippen molar-refractivity contribution in [1.29, 1.82) is 0 Å². The highest BCUT2D eigenvalue weighted by Gasteiger charge is 2.21. The van der Waals surface area contributed by atoms with Gasteiger partial charge in [0.25, 0.3) is 16.8 Å². The summed E-state index contributed by atoms with van der Waals surface area (Å²) in [6, 6.07) is 7.65. The molecular formula is C17H13N5O5S. The monoisotopic (exact) mass is 399 g/mol. The summed E-state index contributed by atoms with van der Waals surface area (Å²) in [5, 5.41) is 26.9. The second-order valence-electron chi connectivity index (χ2n) is 5.77. The molecular weight excluding hydrogens is 386 g/mol. The molecule has 0 fully saturated rings. The number of nitrogens with zero attached hydrogens (tertiary/aromatic N) is 5. The van der Waals surface area contributed by atoms with Gasteiger partial charge in [-0.25, -0.2) is 0 Å². The van der Waals surface area contributed by atoms with Crippen molar-refractivity contribution in [3.8, 4) is 22.9 Å². The number of rotatable bonds is 6. The van der Waals surface area contributed by atoms with Crippen LogP contribution in [0.15, 0.2) is 55.1 Å². The van der Waals surface area contributed by atoms with E-state index in [1.54, 1.807) is 24.5 Å². The van der Waals surface area contributed by atoms with E-state index in [1.807, 2.05) is 13.8 Å². The fourth-order valence-corrected chi connectivity index (χ4v) is 3.13. The van der Waals surface area contributed by atoms with E-state index >= 15 is 0 Å². The van der Waals surface area contributed by atoms with Crippen molar-refractivity contribution in [2.45, 2.75) is 24.3 Å². The van der Waals surface area contributed by atoms with E-state index in [2.05, 4.69) is 20.4 Å². The molecule has 0 aliphatic rings. The minimum atomic E-state index is -0.467. The lowest BCUT2D eigenvalue weighted by Gasteiger charge is -2.01. The molecule has 1 atom stereocenters. The van der Waals surface area contributed by atoms with Crippen LogP contribution in [0.25, 0.3) is 22.9 Å². The van der Waals surface area contributed by atoms with Crippen LogP contribution < -0.4 is 0 Å². The smallest absolute Gasteiger partial charge is 0.277 e. The molecule has 0 amide bonds. The Labute approximate surface area is 162 Å². The lowest BCUT2D eigenvalue weighted by Crippen LogP contribution is -1.88. The first-order valence-electron chi connectivity index (χ1n) is 8.14. The van der Waals surface area contributed by atoms with Crippen molar-refractivity contribution in [2.24, 2.45) is 0 Å². The molecule has 3 heterocycles. The van der Waals surface area contributed by atoms with Gasteiger partial charge in [-0.2, -0.15) is 0 Å². The molecule has 10 nitrogen and oxygen atoms in total. The molecule has 0 saturated carbocycles. The van der Waals surface area contributed by atoms with Gasteiger partial charge in [0.05, 0.1) is 22.0 Å². The number of aromatic nitrogens is 4. The van der Waals surface area contributed by atoms with Gasteiger partial charge in [-0.1, -0.05) is 11.8 Å². The van der Waals surface area contributed by atoms with Gasteiger partial charge in [-0.3, -0.25) is 10.1 Å². The van der Waals surface area contributed by atoms with Crippen LogP contribution in [-0.2, 0) is 0 Å². The summed E-state index contributed by atoms with van der Waals surface area (Å²) in [5.74, 6) is 1.71. The van der Waals surface area contributed by atoms with Gasteiger partial charge in [-0.15, -0.1) is 20.4 Å². The third kappa shape index (κ3) is 3.51. The maximum atomic E-state index is 10.7. The molecule has 1 aromatic carbocycles. The number of non-ortho nitro benzene ring substituents is 1. The van der Waals surface area contributed by atoms with Gasteiger partial charge in [-0.05, 0) is 32.0 Å². The maximum absolute atomic E-state index is 10.7. The average molecular weight is 399 g/mol. The van der Waals surface area contributed by atoms with Crippen LogP contribution in [0.2, 0.25) is 0 Å². The van der Waals surface area contributed by atoms with E-state index in [1.165, 1.54) is 23.9 Å². The van der Waals surface area contributed by atoms with Gasteiger partial charge in [0, 0.05) is 17.7 Å². The number of hydrogen-bond donors (Lipinski definition) is 0. The standard InChI is InChI=1S/C17H13N5O5S/c1-9-13(7-8-25-9)16-20-21-17(27-16)28-10(2)14-18-19-15(26-14)11-3-5-12(6-4-11)22(23)24/h3-8,10H,1-2H3. The largest absolute Gasteiger partial charge is 0.469 e. The minimum absolute atomic E-state index is 0.00697. The van der Waals surface area contributed by atoms with E-state index in [9.17, 15) is 10.1 Å². The van der Waals surface area contributed by atoms with Crippen LogP contribution >= 0.6 is 11.8 Å². The molecule has 4 rings (SSSR count). The summed E-state index contributed by atoms with van der Waals surface area (Å²) in [7, 11) is 0. The predicted octanol–water partition coefficient (Wildman–Crippen LogP) is 4.45. The molecule has 0 spiro atoms. The summed E-state index contributed by atoms with van der Waals surface area (Å²) >= 11 is 1.28. The molecule has 11 heteroatoms. The zero-order valence-corrected chi connectivity index (χ0v) is 15.5. The Balaban J connectivity index is 1.47. The van der Waals surface area contributed by atoms with E-state index in [0.717, 1.165) is 5.56 Å². The van der Waals surface area contributed by atoms with E-state index in [-0.39, 0.29) is 16.8 Å². The summed E-state index contributed by atoms with van der Waals surface area (Å²) in [6.07, 6.45) is 1.56. The molecule has 1 unspecified atom stereocenters. The van der Waals surface area contributed by atoms with Gasteiger partial charge < -0.3 is 13.3 Å². The molecule has 0 saturated heterocycles. The Kier molecular flexibility index (Phi) is 4.65. The fraction of sp³-hybridized carbons (Fsp3) is 0.176. The van der Waals surface area contributed by atoms with Gasteiger partial charge in [0.1, 0.15) is 5.76 Å². The SMILES string of the molecule is Cc1occc1-c1nnc(SC(C)c2nnc(-c3ccc([N+](=O)[O-])cc3)o2)o1. The zero-order chi connectivity index (χ0) is 19.7. The molecule has 142 valence electrons. The molecule has 0 radical (unpaired) electrons. The fourth-order valence-electron chi connectivity index (χ4n) is 2.42. The first kappa shape index (κ1) is 17.9. The van der Waals surface area contributed by atoms with Crippen molar-refractivity contribution >= 4 is 17.4 Å². The lowest BCUT2D eigenvalue weighted by atomic mass is 10.2. The zero-order valence-electron chi connectivity index (χ0n) is 14.7. The van der Waals surface area contributed by atoms with Crippen molar-refractivity contribution < 1.29 is 18.2 Å². The minimum Gasteiger partial charge on any atom is -0.469 e. The van der Waals surface area contributed by atoms with Crippen LogP contribution in [0.4, 0.5) is 5.69 Å². The van der Waals surface area contributed by atoms with Crippen LogP contribution in [0.1, 0.15) is 23.8 Å². The first-order valence-corrected chi connectivity index (χ1v) is 9.02. The Bertz CT molecular complexity index is 1120. The van der Waals surface area contributed by atoms with E-state index in [0.29, 0.717) is 28.3 Å². The quantitative estimate of drug-likeness (QED) is 0.260. The third-order valence-electron chi connectivity index (χ3n) is 3.89. The lowest BCUT2D eigenvalue weighted by molar-refractivity contribution is -0.384. The highest BCUT2D eigenvalue weighted by atomic mass is 32.2. The predicted molar refractivity (Wildman–Crippen MR) is 97.4 cm³/mol. The molecule has 0 aliphatic carbocycles. The Hall–Kier alpha value is -3.47. The van der Waals surface area contributed by atoms with Crippen molar-refractivity contribution in [3.63, 3.8) is 0 Å². The van der Waals surface area contributed by atoms with Gasteiger partial charge in [0.15, 0.2) is 0 Å². The summed E-state index contributed by atoms with van der Waals surface area (Å²) in [6.45, 7) is 3.68. The van der Waals surface area contributed by atoms with E-state index in [4.69, 9.17) is 13.3 Å². The second-order valence-corrected chi connectivity index (χ2v) is 7.07. The first-order chi connectivity index (χ1) is 13.5. The van der Waals surface area contributed by atoms with E-state index < -0.39 is 4.92 Å². The van der Waals surface area contributed by atoms with Gasteiger partial charge in [0.2, 0.25) is 11.8 Å². The number of benzene rings is 1.